The summed E-state index contributed by atoms with van der Waals surface area (Å²) in [5, 5.41) is 1.34. The Morgan fingerprint density at radius 3 is 2.31 bits per heavy atom. The van der Waals surface area contributed by atoms with Gasteiger partial charge in [0.15, 0.2) is 0 Å². The molecule has 0 unspecified atom stereocenters. The van der Waals surface area contributed by atoms with Gasteiger partial charge in [0.05, 0.1) is 4.99 Å². The van der Waals surface area contributed by atoms with E-state index in [1.54, 1.807) is 0 Å². The molecule has 0 saturated heterocycles. The molecule has 4 heteroatoms. The molecule has 1 aromatic carbocycles. The summed E-state index contributed by atoms with van der Waals surface area (Å²) in [6.07, 6.45) is 1.34. The Balaban J connectivity index is 2.81. The average Bonchev–Trinajstić information content (AvgIpc) is 2.03. The van der Waals surface area contributed by atoms with Crippen LogP contribution < -0.4 is 5.73 Å². The summed E-state index contributed by atoms with van der Waals surface area (Å²) in [7, 11) is 0. The van der Waals surface area contributed by atoms with E-state index in [1.807, 2.05) is 18.2 Å². The van der Waals surface area contributed by atoms with Crippen LogP contribution in [-0.4, -0.2) is 4.99 Å². The highest BCUT2D eigenvalue weighted by atomic mass is 35.5. The molecule has 0 aromatic heterocycles. The van der Waals surface area contributed by atoms with Crippen LogP contribution in [0.25, 0.3) is 0 Å². The Bertz CT molecular complexity index is 305. The Hall–Kier alpha value is -0.310. The number of hydrogen-bond acceptors (Lipinski definition) is 1. The van der Waals surface area contributed by atoms with E-state index < -0.39 is 0 Å². The van der Waals surface area contributed by atoms with E-state index in [-0.39, 0.29) is 0 Å². The summed E-state index contributed by atoms with van der Waals surface area (Å²) in [5.41, 5.74) is 6.30. The van der Waals surface area contributed by atoms with E-state index in [2.05, 4.69) is 0 Å². The summed E-state index contributed by atoms with van der Waals surface area (Å²) in [6, 6.07) is 5.43. The molecular weight excluding hydrogens is 225 g/mol. The Labute approximate surface area is 92.8 Å². The lowest BCUT2D eigenvalue weighted by molar-refractivity contribution is 1.04. The highest BCUT2D eigenvalue weighted by Crippen LogP contribution is 2.25. The van der Waals surface area contributed by atoms with E-state index in [4.69, 9.17) is 41.2 Å². The van der Waals surface area contributed by atoms with Gasteiger partial charge in [-0.15, -0.1) is 0 Å². The minimum Gasteiger partial charge on any atom is -0.393 e. The summed E-state index contributed by atoms with van der Waals surface area (Å²) in [4.78, 5) is 0.482. The van der Waals surface area contributed by atoms with Gasteiger partial charge in [0.25, 0.3) is 0 Å². The zero-order valence-corrected chi connectivity index (χ0v) is 9.22. The van der Waals surface area contributed by atoms with Crippen LogP contribution in [0.2, 0.25) is 10.0 Å². The van der Waals surface area contributed by atoms with Crippen molar-refractivity contribution in [2.45, 2.75) is 12.8 Å². The quantitative estimate of drug-likeness (QED) is 0.812. The normalized spacial score (nSPS) is 10.0. The zero-order chi connectivity index (χ0) is 9.84. The molecule has 0 aliphatic heterocycles. The van der Waals surface area contributed by atoms with Crippen molar-refractivity contribution < 1.29 is 0 Å². The number of hydrogen-bond donors (Lipinski definition) is 1. The minimum absolute atomic E-state index is 0.482. The van der Waals surface area contributed by atoms with Crippen LogP contribution in [0.5, 0.6) is 0 Å². The van der Waals surface area contributed by atoms with Crippen molar-refractivity contribution in [2.24, 2.45) is 5.73 Å². The minimum atomic E-state index is 0.482. The number of nitrogens with two attached hydrogens (primary N) is 1. The number of rotatable bonds is 3. The SMILES string of the molecule is NC(=S)CCc1c(Cl)cccc1Cl. The molecule has 0 saturated carbocycles. The van der Waals surface area contributed by atoms with Crippen molar-refractivity contribution in [3.05, 3.63) is 33.8 Å². The summed E-state index contributed by atoms with van der Waals surface area (Å²) in [5.74, 6) is 0. The summed E-state index contributed by atoms with van der Waals surface area (Å²) in [6.45, 7) is 0. The Morgan fingerprint density at radius 2 is 1.85 bits per heavy atom. The van der Waals surface area contributed by atoms with E-state index in [9.17, 15) is 0 Å². The molecular formula is C9H9Cl2NS. The van der Waals surface area contributed by atoms with Crippen molar-refractivity contribution in [1.29, 1.82) is 0 Å². The molecule has 0 aliphatic rings. The molecule has 0 aliphatic carbocycles. The largest absolute Gasteiger partial charge is 0.393 e. The van der Waals surface area contributed by atoms with Gasteiger partial charge in [0, 0.05) is 16.5 Å². The molecule has 1 nitrogen and oxygen atoms in total. The first kappa shape index (κ1) is 10.8. The van der Waals surface area contributed by atoms with E-state index >= 15 is 0 Å². The van der Waals surface area contributed by atoms with Crippen molar-refractivity contribution in [3.8, 4) is 0 Å². The second-order valence-electron chi connectivity index (χ2n) is 2.67. The van der Waals surface area contributed by atoms with Crippen LogP contribution in [-0.2, 0) is 6.42 Å². The van der Waals surface area contributed by atoms with Crippen LogP contribution in [0.1, 0.15) is 12.0 Å². The third-order valence-corrected chi connectivity index (χ3v) is 2.60. The third kappa shape index (κ3) is 3.14. The Kier molecular flexibility index (Phi) is 3.97. The maximum atomic E-state index is 5.94. The monoisotopic (exact) mass is 233 g/mol. The lowest BCUT2D eigenvalue weighted by Crippen LogP contribution is -2.08. The number of thiocarbonyl (C=S) groups is 1. The molecule has 1 rings (SSSR count). The van der Waals surface area contributed by atoms with Gasteiger partial charge in [-0.25, -0.2) is 0 Å². The van der Waals surface area contributed by atoms with Gasteiger partial charge in [-0.3, -0.25) is 0 Å². The predicted octanol–water partition coefficient (Wildman–Crippen LogP) is 3.21. The fourth-order valence-electron chi connectivity index (χ4n) is 1.02. The molecule has 2 N–H and O–H groups in total. The van der Waals surface area contributed by atoms with Crippen LogP contribution in [0, 0.1) is 0 Å². The van der Waals surface area contributed by atoms with Crippen LogP contribution in [0.3, 0.4) is 0 Å². The molecule has 70 valence electrons. The standard InChI is InChI=1S/C9H9Cl2NS/c10-7-2-1-3-8(11)6(7)4-5-9(12)13/h1-3H,4-5H2,(H2,12,13). The second-order valence-corrected chi connectivity index (χ2v) is 4.01. The van der Waals surface area contributed by atoms with Gasteiger partial charge in [-0.1, -0.05) is 41.5 Å². The third-order valence-electron chi connectivity index (χ3n) is 1.68. The molecule has 0 amide bonds. The van der Waals surface area contributed by atoms with Gasteiger partial charge >= 0.3 is 0 Å². The predicted molar refractivity (Wildman–Crippen MR) is 61.6 cm³/mol. The smallest absolute Gasteiger partial charge is 0.0730 e. The molecule has 13 heavy (non-hydrogen) atoms. The molecule has 0 spiro atoms. The first-order valence-electron chi connectivity index (χ1n) is 3.82. The van der Waals surface area contributed by atoms with Crippen LogP contribution in [0.15, 0.2) is 18.2 Å². The molecule has 0 bridgehead atoms. The van der Waals surface area contributed by atoms with E-state index in [0.717, 1.165) is 5.56 Å². The first-order valence-corrected chi connectivity index (χ1v) is 4.99. The Morgan fingerprint density at radius 1 is 1.31 bits per heavy atom. The highest BCUT2D eigenvalue weighted by Gasteiger charge is 2.04. The van der Waals surface area contributed by atoms with Crippen molar-refractivity contribution in [3.63, 3.8) is 0 Å². The van der Waals surface area contributed by atoms with Gasteiger partial charge in [0.1, 0.15) is 0 Å². The number of benzene rings is 1. The van der Waals surface area contributed by atoms with E-state index in [1.165, 1.54) is 0 Å². The lowest BCUT2D eigenvalue weighted by atomic mass is 10.1. The van der Waals surface area contributed by atoms with Crippen molar-refractivity contribution in [1.82, 2.24) is 0 Å². The fourth-order valence-corrected chi connectivity index (χ4v) is 1.71. The van der Waals surface area contributed by atoms with Gasteiger partial charge in [0.2, 0.25) is 0 Å². The zero-order valence-electron chi connectivity index (χ0n) is 6.89. The summed E-state index contributed by atoms with van der Waals surface area (Å²) >= 11 is 16.7. The van der Waals surface area contributed by atoms with Gasteiger partial charge in [-0.05, 0) is 24.1 Å². The van der Waals surface area contributed by atoms with Crippen molar-refractivity contribution in [2.75, 3.05) is 0 Å². The van der Waals surface area contributed by atoms with Gasteiger partial charge in [-0.2, -0.15) is 0 Å². The molecule has 0 atom stereocenters. The number of halogens is 2. The fraction of sp³-hybridized carbons (Fsp3) is 0.222. The molecule has 0 heterocycles. The average molecular weight is 234 g/mol. The molecule has 1 aromatic rings. The molecule has 0 radical (unpaired) electrons. The summed E-state index contributed by atoms with van der Waals surface area (Å²) < 4.78 is 0. The van der Waals surface area contributed by atoms with Crippen LogP contribution in [0.4, 0.5) is 0 Å². The van der Waals surface area contributed by atoms with Crippen molar-refractivity contribution >= 4 is 40.4 Å². The topological polar surface area (TPSA) is 26.0 Å². The molecule has 0 fully saturated rings. The first-order chi connectivity index (χ1) is 6.11. The second kappa shape index (κ2) is 4.80. The van der Waals surface area contributed by atoms with E-state index in [0.29, 0.717) is 27.9 Å². The maximum Gasteiger partial charge on any atom is 0.0730 e. The lowest BCUT2D eigenvalue weighted by Gasteiger charge is -2.05. The van der Waals surface area contributed by atoms with Crippen LogP contribution >= 0.6 is 35.4 Å². The highest BCUT2D eigenvalue weighted by molar-refractivity contribution is 7.80. The van der Waals surface area contributed by atoms with Gasteiger partial charge < -0.3 is 5.73 Å². The maximum absolute atomic E-state index is 5.94.